The Morgan fingerprint density at radius 3 is 2.59 bits per heavy atom. The molecule has 0 saturated carbocycles. The lowest BCUT2D eigenvalue weighted by atomic mass is 10.2. The zero-order valence-corrected chi connectivity index (χ0v) is 15.2. The standard InChI is InChI=1S/C17H12N8O4/c1-28-15(26)12-13(16(27)29-2)25(22-19-12)17-21-20-14-9-5-3-4-6-10(9)23-8-18-7-11(23)24(14)17/h3-8H,1-2H3. The summed E-state index contributed by atoms with van der Waals surface area (Å²) in [6.07, 6.45) is 3.28. The Bertz CT molecular complexity index is 1430. The SMILES string of the molecule is COC(=O)c1nnn(-c2nnc3c4ccccc4n4cncc4n23)c1C(=O)OC. The molecule has 12 heteroatoms. The highest BCUT2D eigenvalue weighted by atomic mass is 16.5. The predicted molar refractivity (Wildman–Crippen MR) is 96.8 cm³/mol. The van der Waals surface area contributed by atoms with Crippen LogP contribution in [0.3, 0.4) is 0 Å². The molecule has 0 N–H and O–H groups in total. The fourth-order valence-corrected chi connectivity index (χ4v) is 3.25. The third kappa shape index (κ3) is 2.22. The van der Waals surface area contributed by atoms with Crippen molar-refractivity contribution in [3.8, 4) is 5.95 Å². The molecule has 0 bridgehead atoms. The van der Waals surface area contributed by atoms with Gasteiger partial charge in [-0.3, -0.25) is 4.40 Å². The number of rotatable bonds is 3. The maximum Gasteiger partial charge on any atom is 0.361 e. The first-order valence-electron chi connectivity index (χ1n) is 8.36. The van der Waals surface area contributed by atoms with Crippen LogP contribution in [-0.2, 0) is 9.47 Å². The van der Waals surface area contributed by atoms with Crippen molar-refractivity contribution >= 4 is 34.1 Å². The third-order valence-electron chi connectivity index (χ3n) is 4.52. The van der Waals surface area contributed by atoms with Gasteiger partial charge in [-0.25, -0.2) is 19.0 Å². The summed E-state index contributed by atoms with van der Waals surface area (Å²) >= 11 is 0. The Kier molecular flexibility index (Phi) is 3.52. The lowest BCUT2D eigenvalue weighted by Crippen LogP contribution is -2.17. The van der Waals surface area contributed by atoms with Crippen molar-refractivity contribution in [3.05, 3.63) is 48.2 Å². The van der Waals surface area contributed by atoms with E-state index in [9.17, 15) is 9.59 Å². The van der Waals surface area contributed by atoms with Crippen LogP contribution in [0.15, 0.2) is 36.8 Å². The predicted octanol–water partition coefficient (Wildman–Crippen LogP) is 0.684. The highest BCUT2D eigenvalue weighted by Crippen LogP contribution is 2.24. The summed E-state index contributed by atoms with van der Waals surface area (Å²) in [5, 5.41) is 17.0. The second kappa shape index (κ2) is 6.09. The lowest BCUT2D eigenvalue weighted by molar-refractivity contribution is 0.0545. The minimum atomic E-state index is -0.828. The second-order valence-electron chi connectivity index (χ2n) is 5.98. The number of hydrogen-bond donors (Lipinski definition) is 0. The molecule has 144 valence electrons. The van der Waals surface area contributed by atoms with Gasteiger partial charge in [0.25, 0.3) is 5.95 Å². The molecule has 12 nitrogen and oxygen atoms in total. The van der Waals surface area contributed by atoms with Crippen LogP contribution in [0.2, 0.25) is 0 Å². The zero-order valence-electron chi connectivity index (χ0n) is 15.2. The molecule has 0 aliphatic rings. The van der Waals surface area contributed by atoms with Crippen LogP contribution in [0.25, 0.3) is 28.1 Å². The molecule has 0 aliphatic heterocycles. The largest absolute Gasteiger partial charge is 0.464 e. The van der Waals surface area contributed by atoms with E-state index < -0.39 is 11.9 Å². The van der Waals surface area contributed by atoms with Crippen LogP contribution in [0, 0.1) is 0 Å². The van der Waals surface area contributed by atoms with Crippen LogP contribution in [0.4, 0.5) is 0 Å². The van der Waals surface area contributed by atoms with Crippen LogP contribution in [0.5, 0.6) is 0 Å². The van der Waals surface area contributed by atoms with Crippen molar-refractivity contribution in [3.63, 3.8) is 0 Å². The molecule has 0 spiro atoms. The summed E-state index contributed by atoms with van der Waals surface area (Å²) in [6.45, 7) is 0. The van der Waals surface area contributed by atoms with Gasteiger partial charge in [-0.15, -0.1) is 15.3 Å². The molecular formula is C17H12N8O4. The van der Waals surface area contributed by atoms with Crippen LogP contribution in [-0.4, -0.2) is 65.1 Å². The molecule has 0 aliphatic carbocycles. The second-order valence-corrected chi connectivity index (χ2v) is 5.98. The van der Waals surface area contributed by atoms with Gasteiger partial charge >= 0.3 is 11.9 Å². The summed E-state index contributed by atoms with van der Waals surface area (Å²) in [7, 11) is 2.36. The first-order chi connectivity index (χ1) is 14.2. The summed E-state index contributed by atoms with van der Waals surface area (Å²) in [5.41, 5.74) is 1.52. The summed E-state index contributed by atoms with van der Waals surface area (Å²) in [5.74, 6) is -1.51. The minimum absolute atomic E-state index is 0.138. The van der Waals surface area contributed by atoms with Gasteiger partial charge in [0.1, 0.15) is 12.0 Å². The minimum Gasteiger partial charge on any atom is -0.464 e. The van der Waals surface area contributed by atoms with Crippen molar-refractivity contribution in [1.29, 1.82) is 0 Å². The highest BCUT2D eigenvalue weighted by molar-refractivity contribution is 6.01. The van der Waals surface area contributed by atoms with Gasteiger partial charge in [-0.1, -0.05) is 17.3 Å². The molecule has 5 rings (SSSR count). The number of carbonyl (C=O) groups excluding carboxylic acids is 2. The van der Waals surface area contributed by atoms with E-state index in [4.69, 9.17) is 4.74 Å². The number of ether oxygens (including phenoxy) is 2. The average molecular weight is 392 g/mol. The summed E-state index contributed by atoms with van der Waals surface area (Å²) in [4.78, 5) is 28.6. The molecule has 0 radical (unpaired) electrons. The molecule has 1 aromatic carbocycles. The van der Waals surface area contributed by atoms with Gasteiger partial charge in [0.15, 0.2) is 11.3 Å². The third-order valence-corrected chi connectivity index (χ3v) is 4.52. The molecule has 4 heterocycles. The number of nitrogens with zero attached hydrogens (tertiary/aromatic N) is 8. The smallest absolute Gasteiger partial charge is 0.361 e. The maximum absolute atomic E-state index is 12.4. The zero-order chi connectivity index (χ0) is 20.1. The number of aromatic nitrogens is 8. The molecular weight excluding hydrogens is 380 g/mol. The lowest BCUT2D eigenvalue weighted by Gasteiger charge is -2.08. The van der Waals surface area contributed by atoms with Gasteiger partial charge in [0, 0.05) is 5.39 Å². The van der Waals surface area contributed by atoms with E-state index in [1.54, 1.807) is 16.9 Å². The Labute approximate surface area is 161 Å². The molecule has 0 unspecified atom stereocenters. The van der Waals surface area contributed by atoms with E-state index in [1.807, 2.05) is 28.7 Å². The number of imidazole rings is 1. The molecule has 29 heavy (non-hydrogen) atoms. The first kappa shape index (κ1) is 16.8. The molecule has 0 saturated heterocycles. The summed E-state index contributed by atoms with van der Waals surface area (Å²) in [6, 6.07) is 7.61. The molecule has 5 aromatic rings. The Hall–Kier alpha value is -4.35. The van der Waals surface area contributed by atoms with Crippen molar-refractivity contribution in [2.45, 2.75) is 0 Å². The molecule has 0 fully saturated rings. The first-order valence-corrected chi connectivity index (χ1v) is 8.36. The Morgan fingerprint density at radius 2 is 1.79 bits per heavy atom. The number of fused-ring (bicyclic) bond motifs is 6. The van der Waals surface area contributed by atoms with Gasteiger partial charge in [-0.05, 0) is 12.1 Å². The van der Waals surface area contributed by atoms with Gasteiger partial charge in [0.2, 0.25) is 5.69 Å². The van der Waals surface area contributed by atoms with Crippen LogP contribution < -0.4 is 0 Å². The quantitative estimate of drug-likeness (QED) is 0.407. The fraction of sp³-hybridized carbons (Fsp3) is 0.118. The monoisotopic (exact) mass is 392 g/mol. The van der Waals surface area contributed by atoms with E-state index in [0.29, 0.717) is 11.3 Å². The normalized spacial score (nSPS) is 11.4. The Morgan fingerprint density at radius 1 is 1.00 bits per heavy atom. The number of para-hydroxylation sites is 1. The molecule has 0 amide bonds. The Balaban J connectivity index is 1.90. The maximum atomic E-state index is 12.4. The summed E-state index contributed by atoms with van der Waals surface area (Å²) < 4.78 is 14.1. The van der Waals surface area contributed by atoms with Crippen LogP contribution in [0.1, 0.15) is 21.0 Å². The number of methoxy groups -OCH3 is 2. The molecule has 0 atom stereocenters. The number of benzene rings is 1. The number of hydrogen-bond acceptors (Lipinski definition) is 9. The van der Waals surface area contributed by atoms with E-state index in [1.165, 1.54) is 14.2 Å². The van der Waals surface area contributed by atoms with E-state index in [-0.39, 0.29) is 17.3 Å². The van der Waals surface area contributed by atoms with Gasteiger partial charge in [0.05, 0.1) is 25.9 Å². The van der Waals surface area contributed by atoms with Crippen molar-refractivity contribution in [2.24, 2.45) is 0 Å². The van der Waals surface area contributed by atoms with Gasteiger partial charge < -0.3 is 9.47 Å². The fourth-order valence-electron chi connectivity index (χ4n) is 3.25. The van der Waals surface area contributed by atoms with E-state index >= 15 is 0 Å². The highest BCUT2D eigenvalue weighted by Gasteiger charge is 2.30. The van der Waals surface area contributed by atoms with Crippen molar-refractivity contribution in [2.75, 3.05) is 14.2 Å². The molecule has 4 aromatic heterocycles. The van der Waals surface area contributed by atoms with Gasteiger partial charge in [-0.2, -0.15) is 4.68 Å². The van der Waals surface area contributed by atoms with Crippen LogP contribution >= 0.6 is 0 Å². The average Bonchev–Trinajstić information content (AvgIpc) is 3.49. The number of carbonyl (C=O) groups is 2. The van der Waals surface area contributed by atoms with E-state index in [2.05, 4.69) is 30.2 Å². The topological polar surface area (TPSA) is 131 Å². The van der Waals surface area contributed by atoms with E-state index in [0.717, 1.165) is 15.6 Å². The van der Waals surface area contributed by atoms with Crippen molar-refractivity contribution in [1.82, 2.24) is 39.0 Å². The number of esters is 2. The van der Waals surface area contributed by atoms with Crippen molar-refractivity contribution < 1.29 is 19.1 Å².